The van der Waals surface area contributed by atoms with Gasteiger partial charge < -0.3 is 20.7 Å². The van der Waals surface area contributed by atoms with Crippen molar-refractivity contribution in [1.29, 1.82) is 0 Å². The van der Waals surface area contributed by atoms with Crippen molar-refractivity contribution in [2.24, 2.45) is 0 Å². The lowest BCUT2D eigenvalue weighted by atomic mass is 10.3. The molecule has 3 N–H and O–H groups in total. The molecule has 0 saturated heterocycles. The van der Waals surface area contributed by atoms with Gasteiger partial charge in [-0.2, -0.15) is 15.0 Å². The van der Waals surface area contributed by atoms with Crippen molar-refractivity contribution in [3.8, 4) is 5.75 Å². The molecule has 1 aromatic heterocycles. The Hall–Kier alpha value is -2.64. The van der Waals surface area contributed by atoms with Gasteiger partial charge in [0, 0.05) is 24.8 Å². The smallest absolute Gasteiger partial charge is 0.233 e. The maximum atomic E-state index is 13.8. The molecule has 1 aromatic carbocycles. The fourth-order valence-electron chi connectivity index (χ4n) is 1.94. The number of methoxy groups -OCH3 is 1. The van der Waals surface area contributed by atoms with Gasteiger partial charge in [0.05, 0.1) is 7.11 Å². The molecule has 0 spiro atoms. The van der Waals surface area contributed by atoms with E-state index in [1.54, 1.807) is 12.1 Å². The minimum Gasteiger partial charge on any atom is -0.494 e. The molecule has 0 radical (unpaired) electrons. The molecule has 0 atom stereocenters. The molecule has 2 rings (SSSR count). The average molecular weight is 334 g/mol. The molecule has 1 heterocycles. The number of aromatic nitrogens is 3. The quantitative estimate of drug-likeness (QED) is 0.648. The summed E-state index contributed by atoms with van der Waals surface area (Å²) in [6.07, 6.45) is 1.91. The second kappa shape index (κ2) is 8.85. The Labute approximate surface area is 141 Å². The SMILES string of the molecule is CCCNc1nc(NCCC)nc(Nc2ccc(OC)c(F)c2)n1. The number of anilines is 4. The van der Waals surface area contributed by atoms with E-state index in [1.807, 2.05) is 0 Å². The van der Waals surface area contributed by atoms with Crippen LogP contribution >= 0.6 is 0 Å². The van der Waals surface area contributed by atoms with Crippen LogP contribution in [-0.2, 0) is 0 Å². The number of rotatable bonds is 9. The van der Waals surface area contributed by atoms with E-state index >= 15 is 0 Å². The standard InChI is InChI=1S/C16H23FN6O/c1-4-8-18-14-21-15(19-9-5-2)23-16(22-14)20-11-6-7-13(24-3)12(17)10-11/h6-7,10H,4-5,8-9H2,1-3H3,(H3,18,19,20,21,22,23). The van der Waals surface area contributed by atoms with Crippen LogP contribution in [0.15, 0.2) is 18.2 Å². The minimum atomic E-state index is -0.454. The van der Waals surface area contributed by atoms with Crippen molar-refractivity contribution in [1.82, 2.24) is 15.0 Å². The van der Waals surface area contributed by atoms with Gasteiger partial charge in [0.15, 0.2) is 11.6 Å². The van der Waals surface area contributed by atoms with Crippen LogP contribution in [-0.4, -0.2) is 35.2 Å². The fraction of sp³-hybridized carbons (Fsp3) is 0.438. The Morgan fingerprint density at radius 3 is 2.04 bits per heavy atom. The Morgan fingerprint density at radius 1 is 0.958 bits per heavy atom. The molecule has 0 fully saturated rings. The highest BCUT2D eigenvalue weighted by molar-refractivity contribution is 5.57. The monoisotopic (exact) mass is 334 g/mol. The summed E-state index contributed by atoms with van der Waals surface area (Å²) in [6, 6.07) is 4.58. The average Bonchev–Trinajstić information content (AvgIpc) is 2.58. The molecule has 0 aliphatic heterocycles. The maximum Gasteiger partial charge on any atom is 0.233 e. The number of ether oxygens (including phenoxy) is 1. The topological polar surface area (TPSA) is 84.0 Å². The van der Waals surface area contributed by atoms with Crippen molar-refractivity contribution in [3.05, 3.63) is 24.0 Å². The number of nitrogens with zero attached hydrogens (tertiary/aromatic N) is 3. The van der Waals surface area contributed by atoms with Gasteiger partial charge in [0.2, 0.25) is 17.8 Å². The van der Waals surface area contributed by atoms with E-state index in [0.717, 1.165) is 25.9 Å². The van der Waals surface area contributed by atoms with Crippen LogP contribution in [0, 0.1) is 5.82 Å². The van der Waals surface area contributed by atoms with Crippen molar-refractivity contribution >= 4 is 23.5 Å². The number of hydrogen-bond donors (Lipinski definition) is 3. The summed E-state index contributed by atoms with van der Waals surface area (Å²) in [5.41, 5.74) is 0.530. The molecule has 24 heavy (non-hydrogen) atoms. The zero-order valence-electron chi connectivity index (χ0n) is 14.2. The van der Waals surface area contributed by atoms with Crippen LogP contribution in [0.1, 0.15) is 26.7 Å². The lowest BCUT2D eigenvalue weighted by Crippen LogP contribution is -2.12. The predicted octanol–water partition coefficient (Wildman–Crippen LogP) is 3.41. The predicted molar refractivity (Wildman–Crippen MR) is 93.6 cm³/mol. The zero-order chi connectivity index (χ0) is 17.4. The molecule has 0 amide bonds. The molecule has 0 aliphatic rings. The molecular formula is C16H23FN6O. The maximum absolute atomic E-state index is 13.8. The summed E-state index contributed by atoms with van der Waals surface area (Å²) in [5.74, 6) is 1.02. The van der Waals surface area contributed by atoms with Crippen molar-refractivity contribution in [3.63, 3.8) is 0 Å². The third-order valence-electron chi connectivity index (χ3n) is 3.11. The second-order valence-corrected chi connectivity index (χ2v) is 5.13. The Kier molecular flexibility index (Phi) is 6.53. The van der Waals surface area contributed by atoms with Gasteiger partial charge in [-0.25, -0.2) is 4.39 Å². The van der Waals surface area contributed by atoms with Crippen LogP contribution in [0.4, 0.5) is 27.9 Å². The first kappa shape index (κ1) is 17.7. The lowest BCUT2D eigenvalue weighted by Gasteiger charge is -2.11. The Bertz CT molecular complexity index is 641. The first-order valence-corrected chi connectivity index (χ1v) is 8.00. The third kappa shape index (κ3) is 4.94. The second-order valence-electron chi connectivity index (χ2n) is 5.13. The van der Waals surface area contributed by atoms with Gasteiger partial charge in [-0.1, -0.05) is 13.8 Å². The summed E-state index contributed by atoms with van der Waals surface area (Å²) >= 11 is 0. The Morgan fingerprint density at radius 2 is 1.54 bits per heavy atom. The van der Waals surface area contributed by atoms with Gasteiger partial charge in [0.1, 0.15) is 0 Å². The van der Waals surface area contributed by atoms with Gasteiger partial charge in [-0.05, 0) is 25.0 Å². The summed E-state index contributed by atoms with van der Waals surface area (Å²) in [6.45, 7) is 5.63. The van der Waals surface area contributed by atoms with Crippen molar-refractivity contribution in [2.45, 2.75) is 26.7 Å². The molecule has 130 valence electrons. The van der Waals surface area contributed by atoms with E-state index < -0.39 is 5.82 Å². The number of hydrogen-bond acceptors (Lipinski definition) is 7. The third-order valence-corrected chi connectivity index (χ3v) is 3.11. The minimum absolute atomic E-state index is 0.187. The van der Waals surface area contributed by atoms with E-state index in [9.17, 15) is 4.39 Å². The zero-order valence-corrected chi connectivity index (χ0v) is 14.2. The summed E-state index contributed by atoms with van der Waals surface area (Å²) < 4.78 is 18.7. The van der Waals surface area contributed by atoms with E-state index in [4.69, 9.17) is 4.74 Å². The van der Waals surface area contributed by atoms with Gasteiger partial charge in [0.25, 0.3) is 0 Å². The van der Waals surface area contributed by atoms with E-state index in [2.05, 4.69) is 44.7 Å². The molecule has 2 aromatic rings. The first-order chi connectivity index (χ1) is 11.7. The molecule has 0 saturated carbocycles. The van der Waals surface area contributed by atoms with Gasteiger partial charge in [-0.3, -0.25) is 0 Å². The molecule has 0 unspecified atom stereocenters. The van der Waals surface area contributed by atoms with E-state index in [-0.39, 0.29) is 5.75 Å². The summed E-state index contributed by atoms with van der Waals surface area (Å²) in [7, 11) is 1.43. The van der Waals surface area contributed by atoms with Crippen molar-refractivity contribution < 1.29 is 9.13 Å². The van der Waals surface area contributed by atoms with E-state index in [1.165, 1.54) is 13.2 Å². The van der Waals surface area contributed by atoms with Crippen molar-refractivity contribution in [2.75, 3.05) is 36.1 Å². The Balaban J connectivity index is 2.21. The lowest BCUT2D eigenvalue weighted by molar-refractivity contribution is 0.386. The van der Waals surface area contributed by atoms with Gasteiger partial charge in [-0.15, -0.1) is 0 Å². The van der Waals surface area contributed by atoms with E-state index in [0.29, 0.717) is 23.5 Å². The number of halogens is 1. The number of nitrogens with one attached hydrogen (secondary N) is 3. The van der Waals surface area contributed by atoms with Crippen LogP contribution < -0.4 is 20.7 Å². The molecular weight excluding hydrogens is 311 g/mol. The number of benzene rings is 1. The van der Waals surface area contributed by atoms with Crippen LogP contribution in [0.5, 0.6) is 5.75 Å². The largest absolute Gasteiger partial charge is 0.494 e. The highest BCUT2D eigenvalue weighted by atomic mass is 19.1. The molecule has 0 aliphatic carbocycles. The van der Waals surface area contributed by atoms with Gasteiger partial charge >= 0.3 is 0 Å². The normalized spacial score (nSPS) is 10.3. The fourth-order valence-corrected chi connectivity index (χ4v) is 1.94. The molecule has 8 heteroatoms. The van der Waals surface area contributed by atoms with Crippen LogP contribution in [0.25, 0.3) is 0 Å². The summed E-state index contributed by atoms with van der Waals surface area (Å²) in [4.78, 5) is 12.9. The highest BCUT2D eigenvalue weighted by Gasteiger charge is 2.08. The molecule has 0 bridgehead atoms. The molecule has 7 nitrogen and oxygen atoms in total. The first-order valence-electron chi connectivity index (χ1n) is 8.00. The van der Waals surface area contributed by atoms with Crippen LogP contribution in [0.3, 0.4) is 0 Å². The van der Waals surface area contributed by atoms with Crippen LogP contribution in [0.2, 0.25) is 0 Å². The highest BCUT2D eigenvalue weighted by Crippen LogP contribution is 2.23. The summed E-state index contributed by atoms with van der Waals surface area (Å²) in [5, 5.41) is 9.25.